The molecule has 2 rings (SSSR count). The standard InChI is InChI=1S/C19H28N2O3/c1-7-21(5,8-2)19(9-10-19)18(23)20-16-14(4)11-13(3)12-15(16)17(22)24-6/h11-12H,7-10H2,1-6H3/p+1. The number of esters is 1. The van der Waals surface area contributed by atoms with Gasteiger partial charge in [0.2, 0.25) is 0 Å². The van der Waals surface area contributed by atoms with Crippen LogP contribution in [0.4, 0.5) is 5.69 Å². The fraction of sp³-hybridized carbons (Fsp3) is 0.579. The number of carbonyl (C=O) groups excluding carboxylic acids is 2. The summed E-state index contributed by atoms with van der Waals surface area (Å²) < 4.78 is 5.60. The van der Waals surface area contributed by atoms with Crippen molar-refractivity contribution in [3.05, 3.63) is 28.8 Å². The smallest absolute Gasteiger partial charge is 0.339 e. The van der Waals surface area contributed by atoms with Crippen LogP contribution in [0, 0.1) is 13.8 Å². The average molecular weight is 333 g/mol. The molecule has 1 aliphatic rings. The molecule has 1 fully saturated rings. The number of benzene rings is 1. The number of nitrogens with zero attached hydrogens (tertiary/aromatic N) is 1. The van der Waals surface area contributed by atoms with Gasteiger partial charge in [0, 0.05) is 12.8 Å². The lowest BCUT2D eigenvalue weighted by molar-refractivity contribution is -0.931. The quantitative estimate of drug-likeness (QED) is 0.643. The van der Waals surface area contributed by atoms with Crippen LogP contribution in [0.15, 0.2) is 12.1 Å². The van der Waals surface area contributed by atoms with Crippen LogP contribution in [-0.2, 0) is 9.53 Å². The second-order valence-corrected chi connectivity index (χ2v) is 7.01. The number of carbonyl (C=O) groups is 2. The third kappa shape index (κ3) is 2.93. The number of rotatable bonds is 6. The number of anilines is 1. The van der Waals surface area contributed by atoms with Crippen molar-refractivity contribution in [2.75, 3.05) is 32.6 Å². The molecule has 0 spiro atoms. The van der Waals surface area contributed by atoms with Crippen molar-refractivity contribution in [3.63, 3.8) is 0 Å². The highest BCUT2D eigenvalue weighted by molar-refractivity contribution is 6.05. The maximum atomic E-state index is 13.1. The van der Waals surface area contributed by atoms with Gasteiger partial charge in [-0.05, 0) is 44.9 Å². The van der Waals surface area contributed by atoms with E-state index in [1.165, 1.54) is 7.11 Å². The molecule has 1 aliphatic carbocycles. The second kappa shape index (κ2) is 6.55. The first-order chi connectivity index (χ1) is 11.2. The zero-order valence-corrected chi connectivity index (χ0v) is 15.7. The predicted molar refractivity (Wildman–Crippen MR) is 95.1 cm³/mol. The summed E-state index contributed by atoms with van der Waals surface area (Å²) in [5.74, 6) is -0.420. The summed E-state index contributed by atoms with van der Waals surface area (Å²) in [6, 6.07) is 3.73. The van der Waals surface area contributed by atoms with Crippen molar-refractivity contribution in [2.24, 2.45) is 0 Å². The lowest BCUT2D eigenvalue weighted by atomic mass is 10.0. The van der Waals surface area contributed by atoms with E-state index in [1.807, 2.05) is 19.9 Å². The highest BCUT2D eigenvalue weighted by Gasteiger charge is 2.63. The number of quaternary nitrogens is 1. The van der Waals surface area contributed by atoms with Crippen molar-refractivity contribution >= 4 is 17.6 Å². The van der Waals surface area contributed by atoms with Crippen molar-refractivity contribution in [2.45, 2.75) is 46.1 Å². The SMILES string of the molecule is CC[N+](C)(CC)C1(C(=O)Nc2c(C)cc(C)cc2C(=O)OC)CC1. The normalized spacial score (nSPS) is 15.8. The number of hydrogen-bond acceptors (Lipinski definition) is 3. The zero-order chi connectivity index (χ0) is 18.1. The Hall–Kier alpha value is -1.88. The Morgan fingerprint density at radius 1 is 1.21 bits per heavy atom. The Morgan fingerprint density at radius 2 is 1.79 bits per heavy atom. The van der Waals surface area contributed by atoms with Crippen molar-refractivity contribution in [1.82, 2.24) is 0 Å². The summed E-state index contributed by atoms with van der Waals surface area (Å²) in [7, 11) is 3.49. The predicted octanol–water partition coefficient (Wildman–Crippen LogP) is 3.05. The number of ether oxygens (including phenoxy) is 1. The van der Waals surface area contributed by atoms with Crippen LogP contribution >= 0.6 is 0 Å². The molecule has 0 radical (unpaired) electrons. The van der Waals surface area contributed by atoms with Gasteiger partial charge in [-0.3, -0.25) is 4.79 Å². The van der Waals surface area contributed by atoms with Gasteiger partial charge in [0.1, 0.15) is 0 Å². The van der Waals surface area contributed by atoms with E-state index in [0.717, 1.165) is 41.5 Å². The first-order valence-corrected chi connectivity index (χ1v) is 8.60. The van der Waals surface area contributed by atoms with Gasteiger partial charge >= 0.3 is 5.97 Å². The molecule has 1 aromatic carbocycles. The van der Waals surface area contributed by atoms with Crippen LogP contribution in [0.5, 0.6) is 0 Å². The van der Waals surface area contributed by atoms with Gasteiger partial charge in [-0.2, -0.15) is 0 Å². The lowest BCUT2D eigenvalue weighted by Gasteiger charge is -2.40. The Morgan fingerprint density at radius 3 is 2.25 bits per heavy atom. The zero-order valence-electron chi connectivity index (χ0n) is 15.7. The number of amides is 1. The van der Waals surface area contributed by atoms with Crippen LogP contribution in [0.25, 0.3) is 0 Å². The van der Waals surface area contributed by atoms with Gasteiger partial charge in [0.05, 0.1) is 38.5 Å². The number of nitrogens with one attached hydrogen (secondary N) is 1. The first kappa shape index (κ1) is 18.5. The summed E-state index contributed by atoms with van der Waals surface area (Å²) in [5, 5.41) is 3.04. The summed E-state index contributed by atoms with van der Waals surface area (Å²) in [6.45, 7) is 9.88. The van der Waals surface area contributed by atoms with Gasteiger partial charge in [0.15, 0.2) is 5.54 Å². The molecule has 1 saturated carbocycles. The summed E-state index contributed by atoms with van der Waals surface area (Å²) >= 11 is 0. The fourth-order valence-electron chi connectivity index (χ4n) is 3.59. The molecule has 1 aromatic rings. The molecule has 0 unspecified atom stereocenters. The minimum absolute atomic E-state index is 0.00538. The molecule has 24 heavy (non-hydrogen) atoms. The first-order valence-electron chi connectivity index (χ1n) is 8.60. The molecular formula is C19H29N2O3+. The van der Waals surface area contributed by atoms with E-state index in [4.69, 9.17) is 4.74 Å². The van der Waals surface area contributed by atoms with E-state index in [9.17, 15) is 9.59 Å². The van der Waals surface area contributed by atoms with Gasteiger partial charge in [-0.15, -0.1) is 0 Å². The molecule has 0 aromatic heterocycles. The van der Waals surface area contributed by atoms with Crippen molar-refractivity contribution in [3.8, 4) is 0 Å². The van der Waals surface area contributed by atoms with Crippen LogP contribution in [0.1, 0.15) is 48.2 Å². The van der Waals surface area contributed by atoms with E-state index >= 15 is 0 Å². The minimum atomic E-state index is -0.426. The highest BCUT2D eigenvalue weighted by Crippen LogP contribution is 2.47. The number of aryl methyl sites for hydroxylation is 2. The molecule has 1 amide bonds. The Labute approximate surface area is 144 Å². The molecule has 0 heterocycles. The van der Waals surface area contributed by atoms with Crippen molar-refractivity contribution in [1.29, 1.82) is 0 Å². The van der Waals surface area contributed by atoms with Crippen LogP contribution in [0.3, 0.4) is 0 Å². The monoisotopic (exact) mass is 333 g/mol. The molecule has 1 N–H and O–H groups in total. The largest absolute Gasteiger partial charge is 0.465 e. The van der Waals surface area contributed by atoms with E-state index in [0.29, 0.717) is 11.3 Å². The topological polar surface area (TPSA) is 55.4 Å². The van der Waals surface area contributed by atoms with Gasteiger partial charge in [-0.25, -0.2) is 4.79 Å². The molecule has 5 nitrogen and oxygen atoms in total. The summed E-state index contributed by atoms with van der Waals surface area (Å²) in [4.78, 5) is 25.2. The molecule has 132 valence electrons. The van der Waals surface area contributed by atoms with E-state index in [-0.39, 0.29) is 11.4 Å². The van der Waals surface area contributed by atoms with Gasteiger partial charge in [-0.1, -0.05) is 6.07 Å². The third-order valence-corrected chi connectivity index (χ3v) is 5.70. The molecule has 0 aliphatic heterocycles. The van der Waals surface area contributed by atoms with E-state index < -0.39 is 5.97 Å². The van der Waals surface area contributed by atoms with Crippen molar-refractivity contribution < 1.29 is 18.8 Å². The number of hydrogen-bond donors (Lipinski definition) is 1. The van der Waals surface area contributed by atoms with Gasteiger partial charge < -0.3 is 14.5 Å². The summed E-state index contributed by atoms with van der Waals surface area (Å²) in [6.07, 6.45) is 1.77. The Kier molecular flexibility index (Phi) is 5.04. The maximum Gasteiger partial charge on any atom is 0.339 e. The molecule has 0 saturated heterocycles. The number of likely N-dealkylation sites (N-methyl/N-ethyl adjacent to an activating group) is 1. The van der Waals surface area contributed by atoms with E-state index in [2.05, 4.69) is 26.2 Å². The fourth-order valence-corrected chi connectivity index (χ4v) is 3.59. The molecular weight excluding hydrogens is 304 g/mol. The third-order valence-electron chi connectivity index (χ3n) is 5.70. The van der Waals surface area contributed by atoms with Gasteiger partial charge in [0.25, 0.3) is 5.91 Å². The minimum Gasteiger partial charge on any atom is -0.465 e. The second-order valence-electron chi connectivity index (χ2n) is 7.01. The lowest BCUT2D eigenvalue weighted by Crippen LogP contribution is -2.59. The maximum absolute atomic E-state index is 13.1. The summed E-state index contributed by atoms with van der Waals surface area (Å²) in [5.41, 5.74) is 2.45. The van der Waals surface area contributed by atoms with Crippen LogP contribution in [-0.4, -0.2) is 49.1 Å². The highest BCUT2D eigenvalue weighted by atomic mass is 16.5. The Balaban J connectivity index is 2.38. The van der Waals surface area contributed by atoms with E-state index in [1.54, 1.807) is 6.07 Å². The van der Waals surface area contributed by atoms with Crippen LogP contribution in [0.2, 0.25) is 0 Å². The van der Waals surface area contributed by atoms with Crippen LogP contribution < -0.4 is 5.32 Å². The molecule has 0 atom stereocenters. The number of methoxy groups -OCH3 is 1. The average Bonchev–Trinajstić information content (AvgIpc) is 3.37. The Bertz CT molecular complexity index is 659. The molecule has 0 bridgehead atoms. The molecule has 5 heteroatoms.